The Morgan fingerprint density at radius 1 is 1.15 bits per heavy atom. The van der Waals surface area contributed by atoms with Crippen molar-refractivity contribution in [1.29, 1.82) is 0 Å². The van der Waals surface area contributed by atoms with Crippen LogP contribution in [-0.4, -0.2) is 42.9 Å². The summed E-state index contributed by atoms with van der Waals surface area (Å²) in [5.74, 6) is -0.110. The summed E-state index contributed by atoms with van der Waals surface area (Å²) in [5.41, 5.74) is 1.56. The molecule has 1 aromatic heterocycles. The summed E-state index contributed by atoms with van der Waals surface area (Å²) in [7, 11) is 2.07. The molecule has 1 saturated heterocycles. The monoisotopic (exact) mass is 367 g/mol. The van der Waals surface area contributed by atoms with Crippen LogP contribution in [0.4, 0.5) is 0 Å². The molecule has 3 rings (SSSR count). The highest BCUT2D eigenvalue weighted by Gasteiger charge is 2.22. The summed E-state index contributed by atoms with van der Waals surface area (Å²) in [5, 5.41) is 5.78. The van der Waals surface area contributed by atoms with Crippen molar-refractivity contribution in [2.24, 2.45) is 0 Å². The molecule has 0 unspecified atom stereocenters. The molecule has 1 aromatic carbocycles. The number of rotatable bonds is 5. The second-order valence-electron chi connectivity index (χ2n) is 6.89. The first-order valence-corrected chi connectivity index (χ1v) is 9.14. The fourth-order valence-corrected chi connectivity index (χ4v) is 3.11. The van der Waals surface area contributed by atoms with Crippen molar-refractivity contribution in [3.05, 3.63) is 65.2 Å². The van der Waals surface area contributed by atoms with Gasteiger partial charge < -0.3 is 20.0 Å². The van der Waals surface area contributed by atoms with Crippen molar-refractivity contribution in [1.82, 2.24) is 15.5 Å². The van der Waals surface area contributed by atoms with Crippen LogP contribution in [0.3, 0.4) is 0 Å². The SMILES string of the molecule is Cc1ccccc1C(=O)N/C(=C\c1ccco1)C(=O)NC1CCN(C)CC1. The molecule has 27 heavy (non-hydrogen) atoms. The Bertz CT molecular complexity index is 819. The smallest absolute Gasteiger partial charge is 0.268 e. The third-order valence-electron chi connectivity index (χ3n) is 4.77. The van der Waals surface area contributed by atoms with Gasteiger partial charge in [0.25, 0.3) is 11.8 Å². The van der Waals surface area contributed by atoms with Gasteiger partial charge in [0.2, 0.25) is 0 Å². The molecule has 6 heteroatoms. The summed E-state index contributed by atoms with van der Waals surface area (Å²) < 4.78 is 5.31. The number of furan rings is 1. The number of aryl methyl sites for hydroxylation is 1. The maximum Gasteiger partial charge on any atom is 0.268 e. The molecule has 142 valence electrons. The molecule has 1 fully saturated rings. The van der Waals surface area contributed by atoms with E-state index in [1.165, 1.54) is 6.26 Å². The van der Waals surface area contributed by atoms with Crippen LogP contribution in [0.1, 0.15) is 34.5 Å². The van der Waals surface area contributed by atoms with Gasteiger partial charge in [-0.05, 0) is 63.7 Å². The van der Waals surface area contributed by atoms with Crippen molar-refractivity contribution < 1.29 is 14.0 Å². The van der Waals surface area contributed by atoms with E-state index in [2.05, 4.69) is 22.6 Å². The Morgan fingerprint density at radius 2 is 1.89 bits per heavy atom. The van der Waals surface area contributed by atoms with E-state index in [1.54, 1.807) is 30.3 Å². The van der Waals surface area contributed by atoms with Crippen LogP contribution in [0.5, 0.6) is 0 Å². The molecule has 2 amide bonds. The molecule has 0 spiro atoms. The Hall–Kier alpha value is -2.86. The zero-order valence-electron chi connectivity index (χ0n) is 15.7. The van der Waals surface area contributed by atoms with E-state index in [9.17, 15) is 9.59 Å². The van der Waals surface area contributed by atoms with Gasteiger partial charge in [0.15, 0.2) is 0 Å². The first kappa shape index (κ1) is 18.9. The first-order valence-electron chi connectivity index (χ1n) is 9.14. The minimum Gasteiger partial charge on any atom is -0.465 e. The number of carbonyl (C=O) groups is 2. The number of hydrogen-bond acceptors (Lipinski definition) is 4. The normalized spacial score (nSPS) is 16.1. The molecule has 2 heterocycles. The molecule has 6 nitrogen and oxygen atoms in total. The van der Waals surface area contributed by atoms with Crippen LogP contribution >= 0.6 is 0 Å². The molecule has 2 N–H and O–H groups in total. The van der Waals surface area contributed by atoms with Gasteiger partial charge in [-0.15, -0.1) is 0 Å². The van der Waals surface area contributed by atoms with Crippen LogP contribution in [0, 0.1) is 6.92 Å². The van der Waals surface area contributed by atoms with Crippen LogP contribution in [0.25, 0.3) is 6.08 Å². The molecule has 0 aliphatic carbocycles. The quantitative estimate of drug-likeness (QED) is 0.797. The van der Waals surface area contributed by atoms with Crippen molar-refractivity contribution in [2.75, 3.05) is 20.1 Å². The summed E-state index contributed by atoms with van der Waals surface area (Å²) in [6, 6.07) is 10.9. The summed E-state index contributed by atoms with van der Waals surface area (Å²) in [6.45, 7) is 3.75. The molecule has 0 bridgehead atoms. The summed E-state index contributed by atoms with van der Waals surface area (Å²) >= 11 is 0. The van der Waals surface area contributed by atoms with E-state index in [1.807, 2.05) is 19.1 Å². The second kappa shape index (κ2) is 8.68. The standard InChI is InChI=1S/C21H25N3O3/c1-15-6-3-4-8-18(15)20(25)23-19(14-17-7-5-13-27-17)21(26)22-16-9-11-24(2)12-10-16/h3-8,13-14,16H,9-12H2,1-2H3,(H,22,26)(H,23,25)/b19-14-. The van der Waals surface area contributed by atoms with E-state index >= 15 is 0 Å². The second-order valence-corrected chi connectivity index (χ2v) is 6.89. The van der Waals surface area contributed by atoms with Crippen LogP contribution < -0.4 is 10.6 Å². The highest BCUT2D eigenvalue weighted by Crippen LogP contribution is 2.12. The van der Waals surface area contributed by atoms with E-state index in [-0.39, 0.29) is 23.6 Å². The lowest BCUT2D eigenvalue weighted by Crippen LogP contribution is -2.45. The number of nitrogens with one attached hydrogen (secondary N) is 2. The Labute approximate surface area is 159 Å². The minimum absolute atomic E-state index is 0.101. The van der Waals surface area contributed by atoms with Crippen molar-refractivity contribution in [3.63, 3.8) is 0 Å². The topological polar surface area (TPSA) is 74.6 Å². The molecular formula is C21H25N3O3. The predicted octanol–water partition coefficient (Wildman–Crippen LogP) is 2.57. The van der Waals surface area contributed by atoms with Crippen molar-refractivity contribution in [3.8, 4) is 0 Å². The lowest BCUT2D eigenvalue weighted by Gasteiger charge is -2.29. The number of amides is 2. The van der Waals surface area contributed by atoms with Gasteiger partial charge in [0.1, 0.15) is 11.5 Å². The summed E-state index contributed by atoms with van der Waals surface area (Å²) in [4.78, 5) is 27.7. The van der Waals surface area contributed by atoms with Gasteiger partial charge in [0.05, 0.1) is 6.26 Å². The molecular weight excluding hydrogens is 342 g/mol. The Balaban J connectivity index is 1.76. The summed E-state index contributed by atoms with van der Waals surface area (Å²) in [6.07, 6.45) is 4.87. The van der Waals surface area contributed by atoms with E-state index in [0.717, 1.165) is 31.5 Å². The van der Waals surface area contributed by atoms with Gasteiger partial charge >= 0.3 is 0 Å². The fourth-order valence-electron chi connectivity index (χ4n) is 3.11. The van der Waals surface area contributed by atoms with Crippen LogP contribution in [-0.2, 0) is 4.79 Å². The Kier molecular flexibility index (Phi) is 6.08. The number of nitrogens with zero attached hydrogens (tertiary/aromatic N) is 1. The van der Waals surface area contributed by atoms with Crippen LogP contribution in [0.15, 0.2) is 52.8 Å². The number of hydrogen-bond donors (Lipinski definition) is 2. The number of carbonyl (C=O) groups excluding carboxylic acids is 2. The average molecular weight is 367 g/mol. The molecule has 2 aromatic rings. The van der Waals surface area contributed by atoms with Crippen LogP contribution in [0.2, 0.25) is 0 Å². The van der Waals surface area contributed by atoms with Gasteiger partial charge in [-0.25, -0.2) is 0 Å². The van der Waals surface area contributed by atoms with E-state index < -0.39 is 0 Å². The highest BCUT2D eigenvalue weighted by molar-refractivity contribution is 6.05. The van der Waals surface area contributed by atoms with Crippen molar-refractivity contribution >= 4 is 17.9 Å². The van der Waals surface area contributed by atoms with E-state index in [4.69, 9.17) is 4.42 Å². The fraction of sp³-hybridized carbons (Fsp3) is 0.333. The number of likely N-dealkylation sites (tertiary alicyclic amines) is 1. The van der Waals surface area contributed by atoms with Gasteiger partial charge in [-0.1, -0.05) is 18.2 Å². The molecule has 0 radical (unpaired) electrons. The lowest BCUT2D eigenvalue weighted by molar-refractivity contribution is -0.118. The zero-order chi connectivity index (χ0) is 19.2. The zero-order valence-corrected chi connectivity index (χ0v) is 15.7. The molecule has 0 atom stereocenters. The minimum atomic E-state index is -0.315. The van der Waals surface area contributed by atoms with Crippen molar-refractivity contribution in [2.45, 2.75) is 25.8 Å². The number of benzene rings is 1. The number of piperidine rings is 1. The van der Waals surface area contributed by atoms with Gasteiger partial charge in [-0.3, -0.25) is 9.59 Å². The molecule has 1 aliphatic rings. The maximum absolute atomic E-state index is 12.8. The third kappa shape index (κ3) is 5.08. The molecule has 0 saturated carbocycles. The average Bonchev–Trinajstić information content (AvgIpc) is 3.16. The highest BCUT2D eigenvalue weighted by atomic mass is 16.3. The largest absolute Gasteiger partial charge is 0.465 e. The van der Waals surface area contributed by atoms with E-state index in [0.29, 0.717) is 11.3 Å². The lowest BCUT2D eigenvalue weighted by atomic mass is 10.1. The Morgan fingerprint density at radius 3 is 2.56 bits per heavy atom. The molecule has 1 aliphatic heterocycles. The maximum atomic E-state index is 12.8. The third-order valence-corrected chi connectivity index (χ3v) is 4.77. The van der Waals surface area contributed by atoms with Gasteiger partial charge in [0, 0.05) is 17.7 Å². The van der Waals surface area contributed by atoms with Gasteiger partial charge in [-0.2, -0.15) is 0 Å². The first-order chi connectivity index (χ1) is 13.0. The predicted molar refractivity (Wildman–Crippen MR) is 104 cm³/mol.